The van der Waals surface area contributed by atoms with Crippen molar-refractivity contribution < 1.29 is 0 Å². The quantitative estimate of drug-likeness (QED) is 0.705. The van der Waals surface area contributed by atoms with E-state index in [1.165, 1.54) is 11.2 Å². The molecule has 0 aliphatic carbocycles. The minimum Gasteiger partial charge on any atom is -0.325 e. The van der Waals surface area contributed by atoms with Crippen LogP contribution in [0, 0.1) is 6.92 Å². The number of benzene rings is 1. The molecule has 2 heterocycles. The zero-order chi connectivity index (χ0) is 12.5. The number of rotatable bonds is 3. The number of nitrogens with zero attached hydrogens (tertiary/aromatic N) is 4. The van der Waals surface area contributed by atoms with Gasteiger partial charge >= 0.3 is 0 Å². The molecule has 0 amide bonds. The summed E-state index contributed by atoms with van der Waals surface area (Å²) in [7, 11) is 0. The molecular weight excluding hydrogens is 224 g/mol. The molecule has 0 saturated heterocycles. The van der Waals surface area contributed by atoms with Crippen molar-refractivity contribution in [3.63, 3.8) is 0 Å². The zero-order valence-electron chi connectivity index (χ0n) is 10.7. The molecule has 0 aliphatic heterocycles. The third-order valence-electron chi connectivity index (χ3n) is 3.14. The highest BCUT2D eigenvalue weighted by Crippen LogP contribution is 2.14. The zero-order valence-corrected chi connectivity index (χ0v) is 10.7. The molecule has 4 heteroatoms. The van der Waals surface area contributed by atoms with Gasteiger partial charge in [0.05, 0.1) is 35.3 Å². The Balaban J connectivity index is 2.01. The van der Waals surface area contributed by atoms with Gasteiger partial charge in [-0.15, -0.1) is 0 Å². The van der Waals surface area contributed by atoms with Crippen molar-refractivity contribution >= 4 is 11.0 Å². The molecule has 0 atom stereocenters. The molecule has 0 N–H and O–H groups in total. The Morgan fingerprint density at radius 2 is 2.06 bits per heavy atom. The molecule has 92 valence electrons. The maximum absolute atomic E-state index is 4.47. The lowest BCUT2D eigenvalue weighted by atomic mass is 10.3. The van der Waals surface area contributed by atoms with E-state index < -0.39 is 0 Å². The molecule has 0 spiro atoms. The minimum atomic E-state index is 0.815. The van der Waals surface area contributed by atoms with Crippen LogP contribution in [0.4, 0.5) is 0 Å². The summed E-state index contributed by atoms with van der Waals surface area (Å²) < 4.78 is 4.21. The van der Waals surface area contributed by atoms with E-state index in [9.17, 15) is 0 Å². The predicted octanol–water partition coefficient (Wildman–Crippen LogP) is 2.61. The van der Waals surface area contributed by atoms with E-state index in [4.69, 9.17) is 0 Å². The van der Waals surface area contributed by atoms with E-state index in [1.807, 2.05) is 36.1 Å². The summed E-state index contributed by atoms with van der Waals surface area (Å²) in [4.78, 5) is 4.41. The van der Waals surface area contributed by atoms with Crippen molar-refractivity contribution in [3.8, 4) is 0 Å². The first-order chi connectivity index (χ1) is 8.78. The number of hydrogen-bond donors (Lipinski definition) is 0. The molecule has 0 bridgehead atoms. The van der Waals surface area contributed by atoms with Crippen LogP contribution in [-0.4, -0.2) is 19.3 Å². The van der Waals surface area contributed by atoms with Crippen LogP contribution < -0.4 is 0 Å². The van der Waals surface area contributed by atoms with Crippen LogP contribution in [0.5, 0.6) is 0 Å². The lowest BCUT2D eigenvalue weighted by Crippen LogP contribution is -2.07. The van der Waals surface area contributed by atoms with E-state index in [-0.39, 0.29) is 0 Å². The number of aryl methyl sites for hydroxylation is 2. The molecule has 4 nitrogen and oxygen atoms in total. The van der Waals surface area contributed by atoms with Crippen LogP contribution in [0.3, 0.4) is 0 Å². The Hall–Kier alpha value is -2.10. The maximum atomic E-state index is 4.47. The van der Waals surface area contributed by atoms with Gasteiger partial charge in [-0.2, -0.15) is 5.10 Å². The number of hydrogen-bond acceptors (Lipinski definition) is 2. The molecule has 0 aliphatic rings. The average molecular weight is 240 g/mol. The molecule has 0 radical (unpaired) electrons. The fourth-order valence-corrected chi connectivity index (χ4v) is 2.31. The Kier molecular flexibility index (Phi) is 2.63. The molecule has 3 aromatic rings. The van der Waals surface area contributed by atoms with E-state index in [0.717, 1.165) is 24.3 Å². The predicted molar refractivity (Wildman–Crippen MR) is 71.5 cm³/mol. The highest BCUT2D eigenvalue weighted by atomic mass is 15.3. The Labute approximate surface area is 106 Å². The normalized spacial score (nSPS) is 11.2. The van der Waals surface area contributed by atoms with Gasteiger partial charge in [0.1, 0.15) is 0 Å². The summed E-state index contributed by atoms with van der Waals surface area (Å²) in [6.07, 6.45) is 1.90. The lowest BCUT2D eigenvalue weighted by molar-refractivity contribution is 0.601. The van der Waals surface area contributed by atoms with Gasteiger partial charge in [-0.25, -0.2) is 4.98 Å². The van der Waals surface area contributed by atoms with Crippen LogP contribution >= 0.6 is 0 Å². The lowest BCUT2D eigenvalue weighted by Gasteiger charge is -2.06. The summed E-state index contributed by atoms with van der Waals surface area (Å²) in [5, 5.41) is 4.47. The molecule has 3 rings (SSSR count). The van der Waals surface area contributed by atoms with Crippen molar-refractivity contribution in [2.45, 2.75) is 26.9 Å². The Morgan fingerprint density at radius 3 is 2.89 bits per heavy atom. The highest BCUT2D eigenvalue weighted by molar-refractivity contribution is 5.75. The van der Waals surface area contributed by atoms with Crippen molar-refractivity contribution in [3.05, 3.63) is 48.0 Å². The first-order valence-corrected chi connectivity index (χ1v) is 6.21. The summed E-state index contributed by atoms with van der Waals surface area (Å²) >= 11 is 0. The first-order valence-electron chi connectivity index (χ1n) is 6.21. The van der Waals surface area contributed by atoms with Gasteiger partial charge in [-0.05, 0) is 32.0 Å². The fraction of sp³-hybridized carbons (Fsp3) is 0.286. The van der Waals surface area contributed by atoms with E-state index >= 15 is 0 Å². The van der Waals surface area contributed by atoms with Crippen molar-refractivity contribution in [2.75, 3.05) is 0 Å². The largest absolute Gasteiger partial charge is 0.325 e. The van der Waals surface area contributed by atoms with Gasteiger partial charge in [0.15, 0.2) is 0 Å². The highest BCUT2D eigenvalue weighted by Gasteiger charge is 2.07. The molecule has 18 heavy (non-hydrogen) atoms. The molecule has 0 saturated carbocycles. The standard InChI is InChI=1S/C14H16N4/c1-3-18-12(8-11(2)16-18)9-17-10-15-13-6-4-5-7-14(13)17/h4-8,10H,3,9H2,1-2H3. The summed E-state index contributed by atoms with van der Waals surface area (Å²) in [5.41, 5.74) is 4.49. The molecule has 1 aromatic carbocycles. The molecule has 2 aromatic heterocycles. The second-order valence-electron chi connectivity index (χ2n) is 4.45. The van der Waals surface area contributed by atoms with Crippen molar-refractivity contribution in [1.29, 1.82) is 0 Å². The number of para-hydroxylation sites is 2. The van der Waals surface area contributed by atoms with Crippen molar-refractivity contribution in [1.82, 2.24) is 19.3 Å². The SMILES string of the molecule is CCn1nc(C)cc1Cn1cnc2ccccc21. The van der Waals surface area contributed by atoms with E-state index in [0.29, 0.717) is 0 Å². The van der Waals surface area contributed by atoms with Gasteiger partial charge in [-0.1, -0.05) is 12.1 Å². The third kappa shape index (κ3) is 1.79. The monoisotopic (exact) mass is 240 g/mol. The van der Waals surface area contributed by atoms with Gasteiger partial charge in [0.2, 0.25) is 0 Å². The Bertz CT molecular complexity index is 678. The second kappa shape index (κ2) is 4.29. The van der Waals surface area contributed by atoms with Gasteiger partial charge in [-0.3, -0.25) is 4.68 Å². The van der Waals surface area contributed by atoms with Crippen LogP contribution in [0.1, 0.15) is 18.3 Å². The fourth-order valence-electron chi connectivity index (χ4n) is 2.31. The summed E-state index contributed by atoms with van der Waals surface area (Å²) in [6, 6.07) is 10.3. The van der Waals surface area contributed by atoms with E-state index in [2.05, 4.69) is 33.7 Å². The second-order valence-corrected chi connectivity index (χ2v) is 4.45. The van der Waals surface area contributed by atoms with Gasteiger partial charge < -0.3 is 4.57 Å². The first kappa shape index (κ1) is 11.0. The third-order valence-corrected chi connectivity index (χ3v) is 3.14. The minimum absolute atomic E-state index is 0.815. The topological polar surface area (TPSA) is 35.6 Å². The number of aromatic nitrogens is 4. The molecule has 0 fully saturated rings. The average Bonchev–Trinajstić information content (AvgIpc) is 2.94. The number of imidazole rings is 1. The van der Waals surface area contributed by atoms with E-state index in [1.54, 1.807) is 0 Å². The van der Waals surface area contributed by atoms with Crippen LogP contribution in [0.25, 0.3) is 11.0 Å². The molecule has 0 unspecified atom stereocenters. The van der Waals surface area contributed by atoms with Crippen molar-refractivity contribution in [2.24, 2.45) is 0 Å². The maximum Gasteiger partial charge on any atom is 0.0962 e. The Morgan fingerprint density at radius 1 is 1.22 bits per heavy atom. The van der Waals surface area contributed by atoms with Gasteiger partial charge in [0.25, 0.3) is 0 Å². The number of fused-ring (bicyclic) bond motifs is 1. The van der Waals surface area contributed by atoms with Crippen LogP contribution in [-0.2, 0) is 13.1 Å². The molecular formula is C14H16N4. The van der Waals surface area contributed by atoms with Gasteiger partial charge in [0, 0.05) is 6.54 Å². The van der Waals surface area contributed by atoms with Crippen LogP contribution in [0.15, 0.2) is 36.7 Å². The van der Waals surface area contributed by atoms with Crippen LogP contribution in [0.2, 0.25) is 0 Å². The summed E-state index contributed by atoms with van der Waals surface area (Å²) in [6.45, 7) is 5.86. The summed E-state index contributed by atoms with van der Waals surface area (Å²) in [5.74, 6) is 0. The smallest absolute Gasteiger partial charge is 0.0962 e.